The third-order valence-corrected chi connectivity index (χ3v) is 5.91. The molecule has 1 aliphatic heterocycles. The van der Waals surface area contributed by atoms with Crippen molar-refractivity contribution in [1.29, 1.82) is 0 Å². The molecule has 1 aliphatic rings. The minimum atomic E-state index is -0.379. The molecule has 0 radical (unpaired) electrons. The minimum Gasteiger partial charge on any atom is -0.479 e. The van der Waals surface area contributed by atoms with Crippen LogP contribution in [0.4, 0.5) is 5.82 Å². The van der Waals surface area contributed by atoms with Gasteiger partial charge in [0, 0.05) is 31.4 Å². The Kier molecular flexibility index (Phi) is 6.00. The summed E-state index contributed by atoms with van der Waals surface area (Å²) in [4.78, 5) is 24.3. The molecule has 0 saturated carbocycles. The van der Waals surface area contributed by atoms with Gasteiger partial charge in [-0.1, -0.05) is 6.07 Å². The number of amides is 1. The summed E-state index contributed by atoms with van der Waals surface area (Å²) in [5.41, 5.74) is 2.55. The predicted octanol–water partition coefficient (Wildman–Crippen LogP) is 2.75. The Bertz CT molecular complexity index is 1380. The van der Waals surface area contributed by atoms with Crippen LogP contribution in [-0.2, 0) is 13.0 Å². The molecule has 0 aromatic carbocycles. The fourth-order valence-corrected chi connectivity index (χ4v) is 4.26. The van der Waals surface area contributed by atoms with Gasteiger partial charge in [-0.2, -0.15) is 0 Å². The largest absolute Gasteiger partial charge is 0.479 e. The number of methoxy groups -OCH3 is 1. The Morgan fingerprint density at radius 1 is 1.23 bits per heavy atom. The van der Waals surface area contributed by atoms with E-state index in [4.69, 9.17) is 4.74 Å². The lowest BCUT2D eigenvalue weighted by molar-refractivity contribution is 0.102. The van der Waals surface area contributed by atoms with Gasteiger partial charge >= 0.3 is 0 Å². The Morgan fingerprint density at radius 2 is 2.09 bits per heavy atom. The van der Waals surface area contributed by atoms with Gasteiger partial charge in [-0.15, -0.1) is 15.3 Å². The standard InChI is InChI=1S/C24H27N9O2/c1-15-10-11-21-28-29-22(33(15)21)17-7-5-9-20(26-17)27-23(34)16-13-32(30-24(16)35-4)19-8-6-12-25-18(19)14-31(2)3/h5-9,12-13,15H,10-11,14H2,1-4H3,(H,26,27,34)/t15-/m0/s1. The van der Waals surface area contributed by atoms with Crippen molar-refractivity contribution in [2.45, 2.75) is 32.4 Å². The molecular formula is C24H27N9O2. The number of carbonyl (C=O) groups excluding carboxylic acids is 1. The monoisotopic (exact) mass is 473 g/mol. The second-order valence-corrected chi connectivity index (χ2v) is 8.76. The van der Waals surface area contributed by atoms with E-state index >= 15 is 0 Å². The zero-order valence-electron chi connectivity index (χ0n) is 20.1. The summed E-state index contributed by atoms with van der Waals surface area (Å²) >= 11 is 0. The molecule has 1 atom stereocenters. The first-order valence-electron chi connectivity index (χ1n) is 11.4. The number of aryl methyl sites for hydroxylation is 1. The molecule has 0 spiro atoms. The number of hydrogen-bond acceptors (Lipinski definition) is 8. The first-order chi connectivity index (χ1) is 16.9. The molecule has 0 aliphatic carbocycles. The van der Waals surface area contributed by atoms with Crippen LogP contribution in [0.5, 0.6) is 5.88 Å². The van der Waals surface area contributed by atoms with Crippen LogP contribution in [-0.4, -0.2) is 66.5 Å². The average Bonchev–Trinajstić information content (AvgIpc) is 3.55. The molecule has 5 rings (SSSR count). The van der Waals surface area contributed by atoms with Gasteiger partial charge in [0.05, 0.1) is 18.5 Å². The molecule has 0 saturated heterocycles. The van der Waals surface area contributed by atoms with Crippen LogP contribution in [0, 0.1) is 0 Å². The summed E-state index contributed by atoms with van der Waals surface area (Å²) < 4.78 is 9.13. The van der Waals surface area contributed by atoms with E-state index in [1.54, 1.807) is 23.1 Å². The maximum atomic E-state index is 13.2. The topological polar surface area (TPSA) is 116 Å². The van der Waals surface area contributed by atoms with Crippen molar-refractivity contribution in [2.75, 3.05) is 26.5 Å². The van der Waals surface area contributed by atoms with E-state index in [0.717, 1.165) is 30.0 Å². The van der Waals surface area contributed by atoms with E-state index < -0.39 is 0 Å². The molecule has 5 heterocycles. The van der Waals surface area contributed by atoms with Crippen LogP contribution in [0.1, 0.15) is 41.3 Å². The molecule has 11 heteroatoms. The van der Waals surface area contributed by atoms with Crippen molar-refractivity contribution in [3.8, 4) is 23.1 Å². The van der Waals surface area contributed by atoms with Gasteiger partial charge in [0.1, 0.15) is 22.9 Å². The van der Waals surface area contributed by atoms with Gasteiger partial charge in [-0.3, -0.25) is 9.78 Å². The fourth-order valence-electron chi connectivity index (χ4n) is 4.26. The van der Waals surface area contributed by atoms with Crippen LogP contribution < -0.4 is 10.1 Å². The number of pyridine rings is 2. The zero-order valence-corrected chi connectivity index (χ0v) is 20.1. The number of anilines is 1. The third kappa shape index (κ3) is 4.37. The van der Waals surface area contributed by atoms with Gasteiger partial charge < -0.3 is 19.5 Å². The second-order valence-electron chi connectivity index (χ2n) is 8.76. The Morgan fingerprint density at radius 3 is 2.89 bits per heavy atom. The summed E-state index contributed by atoms with van der Waals surface area (Å²) in [5, 5.41) is 15.9. The first kappa shape index (κ1) is 22.7. The summed E-state index contributed by atoms with van der Waals surface area (Å²) in [6.45, 7) is 2.77. The number of fused-ring (bicyclic) bond motifs is 1. The first-order valence-corrected chi connectivity index (χ1v) is 11.4. The number of ether oxygens (including phenoxy) is 1. The normalized spacial score (nSPS) is 14.8. The van der Waals surface area contributed by atoms with Gasteiger partial charge in [0.15, 0.2) is 5.82 Å². The van der Waals surface area contributed by atoms with E-state index in [9.17, 15) is 4.79 Å². The highest BCUT2D eigenvalue weighted by Crippen LogP contribution is 2.30. The fraction of sp³-hybridized carbons (Fsp3) is 0.333. The Balaban J connectivity index is 1.42. The van der Waals surface area contributed by atoms with Crippen molar-refractivity contribution in [2.24, 2.45) is 0 Å². The highest BCUT2D eigenvalue weighted by molar-refractivity contribution is 6.05. The van der Waals surface area contributed by atoms with E-state index in [1.165, 1.54) is 7.11 Å². The third-order valence-electron chi connectivity index (χ3n) is 5.91. The highest BCUT2D eigenvalue weighted by Gasteiger charge is 2.25. The molecule has 1 N–H and O–H groups in total. The maximum absolute atomic E-state index is 13.2. The van der Waals surface area contributed by atoms with Crippen molar-refractivity contribution in [3.05, 3.63) is 59.8 Å². The predicted molar refractivity (Wildman–Crippen MR) is 130 cm³/mol. The van der Waals surface area contributed by atoms with Crippen LogP contribution in [0.15, 0.2) is 42.7 Å². The number of nitrogens with one attached hydrogen (secondary N) is 1. The van der Waals surface area contributed by atoms with E-state index in [0.29, 0.717) is 29.9 Å². The number of aromatic nitrogens is 7. The number of rotatable bonds is 7. The molecule has 0 unspecified atom stereocenters. The van der Waals surface area contributed by atoms with E-state index in [2.05, 4.69) is 42.1 Å². The zero-order chi connectivity index (χ0) is 24.5. The Hall–Kier alpha value is -4.12. The second kappa shape index (κ2) is 9.26. The van der Waals surface area contributed by atoms with Crippen LogP contribution in [0.25, 0.3) is 17.2 Å². The van der Waals surface area contributed by atoms with Crippen LogP contribution in [0.3, 0.4) is 0 Å². The van der Waals surface area contributed by atoms with Gasteiger partial charge in [0.25, 0.3) is 5.91 Å². The smallest absolute Gasteiger partial charge is 0.263 e. The van der Waals surface area contributed by atoms with Crippen LogP contribution in [0.2, 0.25) is 0 Å². The van der Waals surface area contributed by atoms with Crippen LogP contribution >= 0.6 is 0 Å². The lowest BCUT2D eigenvalue weighted by atomic mass is 10.2. The lowest BCUT2D eigenvalue weighted by Gasteiger charge is -2.12. The average molecular weight is 474 g/mol. The van der Waals surface area contributed by atoms with Gasteiger partial charge in [-0.25, -0.2) is 9.67 Å². The molecule has 0 bridgehead atoms. The molecule has 1 amide bonds. The number of carbonyl (C=O) groups is 1. The molecule has 4 aromatic heterocycles. The number of hydrogen-bond donors (Lipinski definition) is 1. The Labute approximate surface area is 202 Å². The summed E-state index contributed by atoms with van der Waals surface area (Å²) in [7, 11) is 5.42. The van der Waals surface area contributed by atoms with E-state index in [1.807, 2.05) is 43.3 Å². The van der Waals surface area contributed by atoms with Crippen molar-refractivity contribution in [3.63, 3.8) is 0 Å². The minimum absolute atomic E-state index is 0.211. The summed E-state index contributed by atoms with van der Waals surface area (Å²) in [6, 6.07) is 9.49. The summed E-state index contributed by atoms with van der Waals surface area (Å²) in [6.07, 6.45) is 5.31. The maximum Gasteiger partial charge on any atom is 0.263 e. The highest BCUT2D eigenvalue weighted by atomic mass is 16.5. The van der Waals surface area contributed by atoms with Crippen molar-refractivity contribution in [1.82, 2.24) is 39.4 Å². The van der Waals surface area contributed by atoms with Gasteiger partial charge in [0.2, 0.25) is 5.88 Å². The molecule has 4 aromatic rings. The lowest BCUT2D eigenvalue weighted by Crippen LogP contribution is -2.15. The van der Waals surface area contributed by atoms with Crippen molar-refractivity contribution < 1.29 is 9.53 Å². The molecule has 11 nitrogen and oxygen atoms in total. The number of nitrogens with zero attached hydrogens (tertiary/aromatic N) is 8. The SMILES string of the molecule is COc1nn(-c2cccnc2CN(C)C)cc1C(=O)Nc1cccc(-c2nnc3n2[C@@H](C)CC3)n1. The molecular weight excluding hydrogens is 446 g/mol. The van der Waals surface area contributed by atoms with Crippen molar-refractivity contribution >= 4 is 11.7 Å². The summed E-state index contributed by atoms with van der Waals surface area (Å²) in [5.74, 6) is 1.90. The quantitative estimate of drug-likeness (QED) is 0.436. The molecule has 35 heavy (non-hydrogen) atoms. The molecule has 0 fully saturated rings. The van der Waals surface area contributed by atoms with Gasteiger partial charge in [-0.05, 0) is 51.7 Å². The van der Waals surface area contributed by atoms with E-state index in [-0.39, 0.29) is 17.4 Å². The molecule has 180 valence electrons.